The van der Waals surface area contributed by atoms with Crippen molar-refractivity contribution in [1.82, 2.24) is 68.3 Å². The lowest BCUT2D eigenvalue weighted by atomic mass is 10.0. The van der Waals surface area contributed by atoms with Gasteiger partial charge in [0.05, 0.1) is 38.5 Å². The minimum absolute atomic E-state index is 0.000526. The summed E-state index contributed by atoms with van der Waals surface area (Å²) in [6, 6.07) is -15.6. The van der Waals surface area contributed by atoms with Crippen molar-refractivity contribution < 1.29 is 87.5 Å². The van der Waals surface area contributed by atoms with Gasteiger partial charge >= 0.3 is 0 Å². The van der Waals surface area contributed by atoms with E-state index in [1.807, 2.05) is 13.8 Å². The van der Waals surface area contributed by atoms with Crippen molar-refractivity contribution in [1.29, 1.82) is 0 Å². The Kier molecular flexibility index (Phi) is 43.8. The number of carbonyl (C=O) groups excluding carboxylic acids is 14. The quantitative estimate of drug-likeness (QED) is 0.0310. The predicted octanol–water partition coefficient (Wildman–Crippen LogP) is -1.44. The third-order valence-corrected chi connectivity index (χ3v) is 18.3. The predicted molar refractivity (Wildman–Crippen MR) is 387 cm³/mol. The molecule has 1 unspecified atom stereocenters. The second kappa shape index (κ2) is 49.2. The van der Waals surface area contributed by atoms with Crippen LogP contribution in [0.25, 0.3) is 0 Å². The number of primary amides is 1. The fourth-order valence-electron chi connectivity index (χ4n) is 12.6. The van der Waals surface area contributed by atoms with Crippen molar-refractivity contribution in [2.45, 2.75) is 309 Å². The molecule has 0 aromatic rings. The number of nitrogens with zero attached hydrogens (tertiary/aromatic N) is 2. The van der Waals surface area contributed by atoms with Crippen LogP contribution >= 0.6 is 0 Å². The highest BCUT2D eigenvalue weighted by Crippen LogP contribution is 2.26. The summed E-state index contributed by atoms with van der Waals surface area (Å²) in [5.41, 5.74) is 11.2. The summed E-state index contributed by atoms with van der Waals surface area (Å²) in [7, 11) is 0. The van der Waals surface area contributed by atoms with Crippen LogP contribution in [0.5, 0.6) is 0 Å². The molecule has 0 spiro atoms. The molecule has 14 amide bonds. The number of aliphatic hydroxyl groups is 4. The first-order valence-electron chi connectivity index (χ1n) is 37.6. The number of likely N-dealkylation sites (tertiary alicyclic amines) is 2. The van der Waals surface area contributed by atoms with Gasteiger partial charge in [-0.25, -0.2) is 0 Å². The van der Waals surface area contributed by atoms with Crippen molar-refractivity contribution in [2.75, 3.05) is 39.4 Å². The summed E-state index contributed by atoms with van der Waals surface area (Å²) >= 11 is 0. The maximum Gasteiger partial charge on any atom is 0.246 e. The molecule has 0 radical (unpaired) electrons. The van der Waals surface area contributed by atoms with Crippen LogP contribution in [0.2, 0.25) is 0 Å². The van der Waals surface area contributed by atoms with Gasteiger partial charge in [-0.05, 0) is 116 Å². The fraction of sp³-hybridized carbons (Fsp3) is 0.803. The van der Waals surface area contributed by atoms with Crippen LogP contribution in [-0.4, -0.2) is 237 Å². The minimum Gasteiger partial charge on any atom is -0.394 e. The highest BCUT2D eigenvalue weighted by atomic mass is 16.3. The molecule has 14 atom stereocenters. The van der Waals surface area contributed by atoms with Gasteiger partial charge in [0.2, 0.25) is 82.7 Å². The first-order valence-corrected chi connectivity index (χ1v) is 37.6. The maximum atomic E-state index is 14.4. The average Bonchev–Trinajstić information content (AvgIpc) is 1.64. The van der Waals surface area contributed by atoms with Crippen molar-refractivity contribution in [3.05, 3.63) is 0 Å². The number of carbonyl (C=O) groups is 14. The number of nitrogens with one attached hydrogen (secondary N) is 11. The molecule has 2 fully saturated rings. The number of amides is 14. The standard InChI is InChI=1S/C71H127N15O18/c1-12-13-14-15-16-17-18-19-20-21-22-23-24-30-56(91)77-51(35-43(6)7)65(98)82-52-36-44(8)86(71(52)104)60(47(11)90)70(103)79-48(28-25-26-31-72)64(97)81-50(34-42(4)5)63(96)74-37-57(92)78-53(39-87)67(100)84-59(46(10)89)69(102)75-38-58(93)85-32-27-29-55(85)68(101)76-45(9)62(95)83-54(40-88)66(99)80-49(61(73)94)33-41(2)3/h41-55,59-60,87-90H,12-40,72H2,1-11H3,(H2,73,94)(H,74,96)(H,75,102)(H,76,101)(H,77,91)(H,78,92)(H,79,103)(H,80,99)(H,81,97)(H,82,98)(H,83,95)(H,84,100)/t44?,45-,46+,47+,48-,49-,50-,51-,52-,53-,54-,55-,59-,60-/m0/s1. The minimum atomic E-state index is -1.78. The van der Waals surface area contributed by atoms with E-state index in [-0.39, 0.29) is 75.3 Å². The normalized spacial score (nSPS) is 18.3. The van der Waals surface area contributed by atoms with Crippen LogP contribution in [0.1, 0.15) is 224 Å². The molecule has 33 nitrogen and oxygen atoms in total. The number of rotatable bonds is 52. The van der Waals surface area contributed by atoms with Gasteiger partial charge in [-0.3, -0.25) is 67.1 Å². The Bertz CT molecular complexity index is 2780. The summed E-state index contributed by atoms with van der Waals surface area (Å²) in [5, 5.41) is 69.0. The lowest BCUT2D eigenvalue weighted by Crippen LogP contribution is -2.61. The highest BCUT2D eigenvalue weighted by molar-refractivity contribution is 6.00. The smallest absolute Gasteiger partial charge is 0.246 e. The first-order chi connectivity index (χ1) is 49.1. The third kappa shape index (κ3) is 33.7. The molecule has 2 heterocycles. The SMILES string of the molecule is CCCCCCCCCCCCCCCC(=O)N[C@@H](CC(C)C)C(=O)N[C@H]1CC(C)N([C@H](C(=O)N[C@@H](CCCCN)C(=O)N[C@@H](CC(C)C)C(=O)NCC(=O)N[C@@H](CO)C(=O)N[C@H](C(=O)NCC(=O)N2CCC[C@H]2C(=O)N[C@@H](C)C(=O)N[C@@H](CO)C(=O)N[C@@H](CC(C)C)C(N)=O)[C@@H](C)O)[C@@H](C)O)C1=O. The van der Waals surface area contributed by atoms with Crippen molar-refractivity contribution >= 4 is 82.7 Å². The zero-order valence-electron chi connectivity index (χ0n) is 63.4. The van der Waals surface area contributed by atoms with Crippen LogP contribution in [0.4, 0.5) is 0 Å². The van der Waals surface area contributed by atoms with Gasteiger partial charge in [0.1, 0.15) is 66.5 Å². The van der Waals surface area contributed by atoms with E-state index in [0.29, 0.717) is 32.1 Å². The Balaban J connectivity index is 2.07. The van der Waals surface area contributed by atoms with E-state index in [1.54, 1.807) is 34.6 Å². The van der Waals surface area contributed by atoms with Gasteiger partial charge < -0.3 is 100 Å². The Hall–Kier alpha value is -7.62. The highest BCUT2D eigenvalue weighted by Gasteiger charge is 2.47. The van der Waals surface area contributed by atoms with Crippen LogP contribution in [0.15, 0.2) is 0 Å². The van der Waals surface area contributed by atoms with Gasteiger partial charge in [0.15, 0.2) is 0 Å². The Morgan fingerprint density at radius 3 is 1.52 bits per heavy atom. The zero-order valence-corrected chi connectivity index (χ0v) is 63.4. The Labute approximate surface area is 613 Å². The van der Waals surface area contributed by atoms with Crippen LogP contribution in [0.3, 0.4) is 0 Å². The van der Waals surface area contributed by atoms with Crippen molar-refractivity contribution in [3.8, 4) is 0 Å². The second-order valence-electron chi connectivity index (χ2n) is 29.1. The third-order valence-electron chi connectivity index (χ3n) is 18.3. The number of aliphatic hydroxyl groups excluding tert-OH is 4. The van der Waals surface area contributed by atoms with Crippen molar-refractivity contribution in [2.24, 2.45) is 29.2 Å². The fourth-order valence-corrected chi connectivity index (χ4v) is 12.6. The molecule has 0 aliphatic carbocycles. The van der Waals surface area contributed by atoms with Gasteiger partial charge in [0.25, 0.3) is 0 Å². The van der Waals surface area contributed by atoms with Gasteiger partial charge in [-0.1, -0.05) is 126 Å². The lowest BCUT2D eigenvalue weighted by molar-refractivity contribution is -0.145. The molecular formula is C71H127N15O18. The van der Waals surface area contributed by atoms with Crippen LogP contribution in [0, 0.1) is 17.8 Å². The molecule has 0 aromatic heterocycles. The molecule has 2 saturated heterocycles. The molecule has 2 rings (SSSR count). The number of nitrogens with two attached hydrogens (primary N) is 2. The molecule has 0 aromatic carbocycles. The molecule has 33 heteroatoms. The van der Waals surface area contributed by atoms with E-state index in [1.165, 1.54) is 76.5 Å². The molecular weight excluding hydrogens is 1350 g/mol. The summed E-state index contributed by atoms with van der Waals surface area (Å²) in [5.74, 6) is -11.8. The largest absolute Gasteiger partial charge is 0.394 e. The van der Waals surface area contributed by atoms with E-state index in [0.717, 1.165) is 31.1 Å². The van der Waals surface area contributed by atoms with Gasteiger partial charge in [-0.15, -0.1) is 0 Å². The topological polar surface area (TPSA) is 511 Å². The first kappa shape index (κ1) is 92.5. The summed E-state index contributed by atoms with van der Waals surface area (Å²) in [6.07, 6.45) is 14.0. The summed E-state index contributed by atoms with van der Waals surface area (Å²) in [6.45, 7) is 15.3. The van der Waals surface area contributed by atoms with E-state index >= 15 is 0 Å². The van der Waals surface area contributed by atoms with E-state index in [9.17, 15) is 87.5 Å². The molecule has 2 aliphatic rings. The van der Waals surface area contributed by atoms with E-state index < -0.39 is 188 Å². The molecule has 2 aliphatic heterocycles. The molecule has 0 saturated carbocycles. The molecule has 594 valence electrons. The molecule has 104 heavy (non-hydrogen) atoms. The average molecular weight is 1480 g/mol. The molecule has 19 N–H and O–H groups in total. The number of hydrogen-bond acceptors (Lipinski definition) is 19. The van der Waals surface area contributed by atoms with Gasteiger partial charge in [0, 0.05) is 19.0 Å². The monoisotopic (exact) mass is 1480 g/mol. The summed E-state index contributed by atoms with van der Waals surface area (Å²) < 4.78 is 0. The molecule has 0 bridgehead atoms. The lowest BCUT2D eigenvalue weighted by Gasteiger charge is -2.34. The van der Waals surface area contributed by atoms with E-state index in [4.69, 9.17) is 11.5 Å². The number of hydrogen-bond donors (Lipinski definition) is 17. The number of unbranched alkanes of at least 4 members (excludes halogenated alkanes) is 13. The van der Waals surface area contributed by atoms with E-state index in [2.05, 4.69) is 65.4 Å². The summed E-state index contributed by atoms with van der Waals surface area (Å²) in [4.78, 5) is 191. The van der Waals surface area contributed by atoms with Crippen LogP contribution < -0.4 is 70.0 Å². The van der Waals surface area contributed by atoms with Gasteiger partial charge in [-0.2, -0.15) is 0 Å². The van der Waals surface area contributed by atoms with Crippen LogP contribution in [-0.2, 0) is 67.1 Å². The zero-order chi connectivity index (χ0) is 78.3. The second-order valence-corrected chi connectivity index (χ2v) is 29.1. The Morgan fingerprint density at radius 2 is 0.990 bits per heavy atom. The van der Waals surface area contributed by atoms with Crippen molar-refractivity contribution in [3.63, 3.8) is 0 Å². The maximum absolute atomic E-state index is 14.4. The Morgan fingerprint density at radius 1 is 0.510 bits per heavy atom.